The summed E-state index contributed by atoms with van der Waals surface area (Å²) < 4.78 is 10.5. The molecule has 0 radical (unpaired) electrons. The number of rotatable bonds is 6. The molecule has 2 rings (SSSR count). The van der Waals surface area contributed by atoms with Crippen molar-refractivity contribution >= 4 is 17.8 Å². The summed E-state index contributed by atoms with van der Waals surface area (Å²) in [5.74, 6) is -3.84. The Balaban J connectivity index is 0.000000487. The maximum Gasteiger partial charge on any atom is 0.255 e. The van der Waals surface area contributed by atoms with E-state index >= 15 is 0 Å². The summed E-state index contributed by atoms with van der Waals surface area (Å²) in [6, 6.07) is 7.26. The highest BCUT2D eigenvalue weighted by atomic mass is 16.5. The second-order valence-electron chi connectivity index (χ2n) is 5.34. The van der Waals surface area contributed by atoms with Crippen LogP contribution in [0.1, 0.15) is 16.8 Å². The molecule has 0 aliphatic carbocycles. The molecule has 0 spiro atoms. The number of hydrogen-bond donors (Lipinski definition) is 1. The van der Waals surface area contributed by atoms with Crippen LogP contribution < -0.4 is 20.3 Å². The number of morpholine rings is 1. The van der Waals surface area contributed by atoms with Gasteiger partial charge in [-0.2, -0.15) is 0 Å². The summed E-state index contributed by atoms with van der Waals surface area (Å²) in [6.45, 7) is 5.27. The fraction of sp³-hybridized carbons (Fsp3) is 0.471. The molecule has 0 aromatic heterocycles. The molecule has 9 heteroatoms. The standard InChI is InChI=1S/C15H22N2O3.C2H2O4/c1-19-14-6-3-2-5-13(14)15(18)16-7-4-8-17-9-11-20-12-10-17;3-1(4)2(5)6/h2-3,5-6H,4,7-12H2,1H3,(H,16,18);(H,3,4)(H,5,6)/p-2. The van der Waals surface area contributed by atoms with Crippen LogP contribution in [0.25, 0.3) is 0 Å². The summed E-state index contributed by atoms with van der Waals surface area (Å²) in [7, 11) is 1.57. The normalized spacial score (nSPS) is 13.9. The number of amides is 1. The van der Waals surface area contributed by atoms with E-state index in [4.69, 9.17) is 29.3 Å². The van der Waals surface area contributed by atoms with Crippen molar-refractivity contribution in [1.82, 2.24) is 10.2 Å². The largest absolute Gasteiger partial charge is 0.543 e. The van der Waals surface area contributed by atoms with E-state index in [1.807, 2.05) is 12.1 Å². The minimum absolute atomic E-state index is 0.0792. The highest BCUT2D eigenvalue weighted by Gasteiger charge is 2.12. The fourth-order valence-electron chi connectivity index (χ4n) is 2.26. The van der Waals surface area contributed by atoms with Crippen molar-refractivity contribution in [2.75, 3.05) is 46.5 Å². The Bertz CT molecular complexity index is 589. The highest BCUT2D eigenvalue weighted by molar-refractivity contribution is 6.25. The van der Waals surface area contributed by atoms with E-state index in [-0.39, 0.29) is 5.91 Å². The van der Waals surface area contributed by atoms with Gasteiger partial charge in [0.25, 0.3) is 5.91 Å². The second-order valence-corrected chi connectivity index (χ2v) is 5.34. The first-order valence-corrected chi connectivity index (χ1v) is 8.09. The third-order valence-corrected chi connectivity index (χ3v) is 3.56. The number of carboxylic acids is 2. The molecule has 0 saturated carbocycles. The maximum absolute atomic E-state index is 12.1. The van der Waals surface area contributed by atoms with Gasteiger partial charge >= 0.3 is 0 Å². The Morgan fingerprint density at radius 2 is 1.77 bits per heavy atom. The third-order valence-electron chi connectivity index (χ3n) is 3.56. The van der Waals surface area contributed by atoms with Crippen molar-refractivity contribution in [1.29, 1.82) is 0 Å². The topological polar surface area (TPSA) is 131 Å². The van der Waals surface area contributed by atoms with E-state index in [2.05, 4.69) is 10.2 Å². The molecule has 1 aliphatic heterocycles. The molecule has 144 valence electrons. The molecule has 1 aromatic rings. The van der Waals surface area contributed by atoms with E-state index in [1.54, 1.807) is 19.2 Å². The van der Waals surface area contributed by atoms with Crippen molar-refractivity contribution in [2.24, 2.45) is 0 Å². The zero-order valence-electron chi connectivity index (χ0n) is 14.6. The first-order valence-electron chi connectivity index (χ1n) is 8.09. The van der Waals surface area contributed by atoms with Crippen LogP contribution in [-0.2, 0) is 14.3 Å². The van der Waals surface area contributed by atoms with Crippen LogP contribution in [-0.4, -0.2) is 69.2 Å². The van der Waals surface area contributed by atoms with Gasteiger partial charge < -0.3 is 34.6 Å². The molecular weight excluding hydrogens is 344 g/mol. The number of aliphatic carboxylic acids is 2. The predicted octanol–water partition coefficient (Wildman–Crippen LogP) is -2.37. The monoisotopic (exact) mass is 366 g/mol. The fourth-order valence-corrected chi connectivity index (χ4v) is 2.26. The maximum atomic E-state index is 12.1. The smallest absolute Gasteiger partial charge is 0.255 e. The molecule has 1 aromatic carbocycles. The molecular formula is C17H22N2O7-2. The summed E-state index contributed by atoms with van der Waals surface area (Å²) in [5.41, 5.74) is 0.585. The van der Waals surface area contributed by atoms with Crippen molar-refractivity contribution in [3.8, 4) is 5.75 Å². The Morgan fingerprint density at radius 3 is 2.35 bits per heavy atom. The number of ether oxygens (including phenoxy) is 2. The molecule has 1 heterocycles. The molecule has 0 atom stereocenters. The number of benzene rings is 1. The van der Waals surface area contributed by atoms with Crippen LogP contribution in [0.15, 0.2) is 24.3 Å². The van der Waals surface area contributed by atoms with Gasteiger partial charge in [0.05, 0.1) is 37.8 Å². The van der Waals surface area contributed by atoms with Crippen LogP contribution in [0.4, 0.5) is 0 Å². The predicted molar refractivity (Wildman–Crippen MR) is 87.2 cm³/mol. The van der Waals surface area contributed by atoms with Gasteiger partial charge in [-0.1, -0.05) is 12.1 Å². The van der Waals surface area contributed by atoms with E-state index in [9.17, 15) is 4.79 Å². The van der Waals surface area contributed by atoms with Gasteiger partial charge in [-0.05, 0) is 25.1 Å². The van der Waals surface area contributed by atoms with Gasteiger partial charge in [-0.3, -0.25) is 9.69 Å². The second kappa shape index (κ2) is 11.8. The quantitative estimate of drug-likeness (QED) is 0.437. The van der Waals surface area contributed by atoms with E-state index in [0.717, 1.165) is 39.3 Å². The number of methoxy groups -OCH3 is 1. The first kappa shape index (κ1) is 21.4. The van der Waals surface area contributed by atoms with Crippen LogP contribution in [0.2, 0.25) is 0 Å². The van der Waals surface area contributed by atoms with Crippen molar-refractivity contribution in [3.05, 3.63) is 29.8 Å². The molecule has 1 aliphatic rings. The number of carbonyl (C=O) groups excluding carboxylic acids is 3. The van der Waals surface area contributed by atoms with Crippen LogP contribution in [0.5, 0.6) is 5.75 Å². The molecule has 1 N–H and O–H groups in total. The van der Waals surface area contributed by atoms with E-state index in [0.29, 0.717) is 17.9 Å². The molecule has 1 saturated heterocycles. The number of nitrogens with zero attached hydrogens (tertiary/aromatic N) is 1. The number of para-hydroxylation sites is 1. The zero-order valence-corrected chi connectivity index (χ0v) is 14.6. The molecule has 0 unspecified atom stereocenters. The van der Waals surface area contributed by atoms with Crippen LogP contribution >= 0.6 is 0 Å². The van der Waals surface area contributed by atoms with Crippen molar-refractivity contribution in [2.45, 2.75) is 6.42 Å². The van der Waals surface area contributed by atoms with E-state index < -0.39 is 11.9 Å². The molecule has 1 amide bonds. The van der Waals surface area contributed by atoms with Gasteiger partial charge in [0.15, 0.2) is 0 Å². The molecule has 26 heavy (non-hydrogen) atoms. The third kappa shape index (κ3) is 7.95. The summed E-state index contributed by atoms with van der Waals surface area (Å²) >= 11 is 0. The minimum Gasteiger partial charge on any atom is -0.543 e. The van der Waals surface area contributed by atoms with Crippen LogP contribution in [0.3, 0.4) is 0 Å². The summed E-state index contributed by atoms with van der Waals surface area (Å²) in [6.07, 6.45) is 0.945. The lowest BCUT2D eigenvalue weighted by atomic mass is 10.2. The highest BCUT2D eigenvalue weighted by Crippen LogP contribution is 2.16. The van der Waals surface area contributed by atoms with Crippen LogP contribution in [0, 0.1) is 0 Å². The number of carbonyl (C=O) groups is 3. The Labute approximate surface area is 151 Å². The average Bonchev–Trinajstić information content (AvgIpc) is 2.66. The Morgan fingerprint density at radius 1 is 1.15 bits per heavy atom. The van der Waals surface area contributed by atoms with Gasteiger partial charge in [0, 0.05) is 19.6 Å². The number of nitrogens with one attached hydrogen (secondary N) is 1. The van der Waals surface area contributed by atoms with Gasteiger partial charge in [-0.25, -0.2) is 0 Å². The molecule has 0 bridgehead atoms. The molecule has 1 fully saturated rings. The lowest BCUT2D eigenvalue weighted by Gasteiger charge is -2.26. The number of carboxylic acid groups (broad SMARTS) is 2. The Hall–Kier alpha value is -2.65. The van der Waals surface area contributed by atoms with E-state index in [1.165, 1.54) is 0 Å². The summed E-state index contributed by atoms with van der Waals surface area (Å²) in [4.78, 5) is 32.3. The Kier molecular flexibility index (Phi) is 9.73. The first-order chi connectivity index (χ1) is 12.5. The van der Waals surface area contributed by atoms with Gasteiger partial charge in [0.1, 0.15) is 5.75 Å². The SMILES string of the molecule is COc1ccccc1C(=O)NCCCN1CCOCC1.O=C([O-])C(=O)[O-]. The minimum atomic E-state index is -2.19. The number of hydrogen-bond acceptors (Lipinski definition) is 8. The zero-order chi connectivity index (χ0) is 19.4. The van der Waals surface area contributed by atoms with Crippen molar-refractivity contribution in [3.63, 3.8) is 0 Å². The van der Waals surface area contributed by atoms with Crippen molar-refractivity contribution < 1.29 is 34.1 Å². The molecule has 9 nitrogen and oxygen atoms in total. The average molecular weight is 366 g/mol. The lowest BCUT2D eigenvalue weighted by Crippen LogP contribution is -2.42. The lowest BCUT2D eigenvalue weighted by molar-refractivity contribution is -0.345. The summed E-state index contributed by atoms with van der Waals surface area (Å²) in [5, 5.41) is 20.8. The van der Waals surface area contributed by atoms with Gasteiger partial charge in [-0.15, -0.1) is 0 Å². The van der Waals surface area contributed by atoms with Gasteiger partial charge in [0.2, 0.25) is 0 Å².